The third-order valence-corrected chi connectivity index (χ3v) is 7.23. The van der Waals surface area contributed by atoms with E-state index in [2.05, 4.69) is 10.6 Å². The minimum Gasteiger partial charge on any atom is -0.359 e. The fourth-order valence-corrected chi connectivity index (χ4v) is 5.16. The van der Waals surface area contributed by atoms with Gasteiger partial charge in [-0.2, -0.15) is 18.4 Å². The predicted octanol–water partition coefficient (Wildman–Crippen LogP) is 4.52. The average Bonchev–Trinajstić information content (AvgIpc) is 3.23. The second-order valence-electron chi connectivity index (χ2n) is 9.58. The first-order valence-corrected chi connectivity index (χ1v) is 11.8. The molecule has 2 aromatic carbocycles. The van der Waals surface area contributed by atoms with E-state index in [9.17, 15) is 22.8 Å². The number of hydrogen-bond donors (Lipinski definition) is 2. The number of aryl methyl sites for hydroxylation is 1. The van der Waals surface area contributed by atoms with Gasteiger partial charge in [0.15, 0.2) is 0 Å². The maximum absolute atomic E-state index is 13.6. The number of hydrogen-bond acceptors (Lipinski definition) is 4. The van der Waals surface area contributed by atoms with Crippen molar-refractivity contribution in [2.75, 3.05) is 36.9 Å². The summed E-state index contributed by atoms with van der Waals surface area (Å²) in [5, 5.41) is 14.6. The molecule has 1 spiro atoms. The number of nitriles is 1. The van der Waals surface area contributed by atoms with E-state index in [0.29, 0.717) is 44.6 Å². The van der Waals surface area contributed by atoms with E-state index in [4.69, 9.17) is 5.26 Å². The van der Waals surface area contributed by atoms with Crippen LogP contribution in [-0.2, 0) is 11.0 Å². The topological polar surface area (TPSA) is 88.5 Å². The van der Waals surface area contributed by atoms with Crippen LogP contribution in [0.15, 0.2) is 42.5 Å². The average molecular weight is 500 g/mol. The molecule has 4 rings (SSSR count). The van der Waals surface area contributed by atoms with Gasteiger partial charge in [0.05, 0.1) is 17.2 Å². The van der Waals surface area contributed by atoms with Gasteiger partial charge in [0.1, 0.15) is 6.04 Å². The van der Waals surface area contributed by atoms with E-state index in [1.165, 1.54) is 13.1 Å². The maximum Gasteiger partial charge on any atom is 0.417 e. The molecule has 10 heteroatoms. The lowest BCUT2D eigenvalue weighted by Gasteiger charge is -2.39. The maximum atomic E-state index is 13.6. The fraction of sp³-hybridized carbons (Fsp3) is 0.423. The normalized spacial score (nSPS) is 19.2. The molecule has 0 radical (unpaired) electrons. The second-order valence-corrected chi connectivity index (χ2v) is 9.58. The monoisotopic (exact) mass is 499 g/mol. The van der Waals surface area contributed by atoms with E-state index < -0.39 is 23.3 Å². The van der Waals surface area contributed by atoms with Crippen LogP contribution >= 0.6 is 0 Å². The van der Waals surface area contributed by atoms with Crippen LogP contribution in [0.1, 0.15) is 36.0 Å². The highest BCUT2D eigenvalue weighted by atomic mass is 19.4. The van der Waals surface area contributed by atoms with Crippen molar-refractivity contribution in [3.05, 3.63) is 59.2 Å². The van der Waals surface area contributed by atoms with Gasteiger partial charge in [-0.15, -0.1) is 0 Å². The molecule has 3 amide bonds. The highest BCUT2D eigenvalue weighted by Gasteiger charge is 2.49. The summed E-state index contributed by atoms with van der Waals surface area (Å²) in [6, 6.07) is 11.8. The van der Waals surface area contributed by atoms with Gasteiger partial charge in [0.25, 0.3) is 0 Å². The number of halogens is 3. The van der Waals surface area contributed by atoms with Gasteiger partial charge in [0, 0.05) is 38.1 Å². The molecule has 190 valence electrons. The molecule has 0 saturated carbocycles. The molecule has 1 atom stereocenters. The van der Waals surface area contributed by atoms with Crippen molar-refractivity contribution in [1.82, 2.24) is 10.2 Å². The SMILES string of the molecule is CNC(=O)C1CC2(CCN(C(=O)Nc3ccc(C)cc3)CC2)CN1c1ccc(C#N)c(C(F)(F)F)c1. The summed E-state index contributed by atoms with van der Waals surface area (Å²) in [6.45, 7) is 3.32. The number of likely N-dealkylation sites (N-methyl/N-ethyl adjacent to an activating group) is 1. The minimum atomic E-state index is -4.68. The Morgan fingerprint density at radius 1 is 1.11 bits per heavy atom. The lowest BCUT2D eigenvalue weighted by molar-refractivity contribution is -0.137. The van der Waals surface area contributed by atoms with Gasteiger partial charge in [0.2, 0.25) is 5.91 Å². The molecule has 0 bridgehead atoms. The Bertz CT molecular complexity index is 1180. The Morgan fingerprint density at radius 2 is 1.78 bits per heavy atom. The van der Waals surface area contributed by atoms with Gasteiger partial charge in [-0.25, -0.2) is 4.79 Å². The first-order chi connectivity index (χ1) is 17.0. The van der Waals surface area contributed by atoms with Crippen LogP contribution < -0.4 is 15.5 Å². The Hall–Kier alpha value is -3.74. The van der Waals surface area contributed by atoms with E-state index in [0.717, 1.165) is 17.7 Å². The molecule has 2 N–H and O–H groups in total. The van der Waals surface area contributed by atoms with Crippen molar-refractivity contribution in [2.45, 2.75) is 38.4 Å². The van der Waals surface area contributed by atoms with Gasteiger partial charge in [-0.05, 0) is 61.9 Å². The van der Waals surface area contributed by atoms with Crippen molar-refractivity contribution in [2.24, 2.45) is 5.41 Å². The third-order valence-electron chi connectivity index (χ3n) is 7.23. The molecule has 1 unspecified atom stereocenters. The molecular weight excluding hydrogens is 471 g/mol. The highest BCUT2D eigenvalue weighted by molar-refractivity contribution is 5.89. The molecule has 2 aliphatic rings. The molecule has 7 nitrogen and oxygen atoms in total. The van der Waals surface area contributed by atoms with Crippen LogP contribution in [0.2, 0.25) is 0 Å². The Morgan fingerprint density at radius 3 is 2.36 bits per heavy atom. The van der Waals surface area contributed by atoms with Gasteiger partial charge >= 0.3 is 12.2 Å². The molecule has 2 fully saturated rings. The first kappa shape index (κ1) is 25.4. The number of nitrogens with one attached hydrogen (secondary N) is 2. The summed E-state index contributed by atoms with van der Waals surface area (Å²) in [7, 11) is 1.50. The van der Waals surface area contributed by atoms with E-state index in [1.54, 1.807) is 15.9 Å². The number of carbonyl (C=O) groups is 2. The second kappa shape index (κ2) is 9.72. The smallest absolute Gasteiger partial charge is 0.359 e. The minimum absolute atomic E-state index is 0.201. The van der Waals surface area contributed by atoms with E-state index in [-0.39, 0.29) is 23.0 Å². The molecular formula is C26H28F3N5O2. The largest absolute Gasteiger partial charge is 0.417 e. The number of urea groups is 1. The van der Waals surface area contributed by atoms with Crippen LogP contribution in [0.4, 0.5) is 29.3 Å². The van der Waals surface area contributed by atoms with Crippen LogP contribution in [0.25, 0.3) is 0 Å². The molecule has 2 aromatic rings. The van der Waals surface area contributed by atoms with Crippen LogP contribution in [0.3, 0.4) is 0 Å². The summed E-state index contributed by atoms with van der Waals surface area (Å²) in [6.07, 6.45) is -2.96. The third kappa shape index (κ3) is 5.10. The zero-order chi connectivity index (χ0) is 26.1. The Labute approximate surface area is 207 Å². The van der Waals surface area contributed by atoms with Crippen molar-refractivity contribution in [1.29, 1.82) is 5.26 Å². The number of rotatable bonds is 3. The van der Waals surface area contributed by atoms with Crippen LogP contribution in [-0.4, -0.2) is 49.6 Å². The number of nitrogens with zero attached hydrogens (tertiary/aromatic N) is 3. The van der Waals surface area contributed by atoms with Crippen molar-refractivity contribution >= 4 is 23.3 Å². The Kier molecular flexibility index (Phi) is 6.85. The van der Waals surface area contributed by atoms with E-state index in [1.807, 2.05) is 31.2 Å². The summed E-state index contributed by atoms with van der Waals surface area (Å²) >= 11 is 0. The summed E-state index contributed by atoms with van der Waals surface area (Å²) in [5.74, 6) is -0.274. The molecule has 2 saturated heterocycles. The highest BCUT2D eigenvalue weighted by Crippen LogP contribution is 2.46. The quantitative estimate of drug-likeness (QED) is 0.650. The fourth-order valence-electron chi connectivity index (χ4n) is 5.16. The summed E-state index contributed by atoms with van der Waals surface area (Å²) in [4.78, 5) is 28.9. The molecule has 2 heterocycles. The van der Waals surface area contributed by atoms with Gasteiger partial charge in [-0.1, -0.05) is 17.7 Å². The number of likely N-dealkylation sites (tertiary alicyclic amines) is 1. The molecule has 0 aliphatic carbocycles. The van der Waals surface area contributed by atoms with E-state index >= 15 is 0 Å². The number of carbonyl (C=O) groups excluding carboxylic acids is 2. The van der Waals surface area contributed by atoms with Crippen molar-refractivity contribution < 1.29 is 22.8 Å². The Balaban J connectivity index is 1.51. The van der Waals surface area contributed by atoms with Crippen LogP contribution in [0.5, 0.6) is 0 Å². The number of piperidine rings is 1. The number of benzene rings is 2. The lowest BCUT2D eigenvalue weighted by Crippen LogP contribution is -2.45. The predicted molar refractivity (Wildman–Crippen MR) is 129 cm³/mol. The summed E-state index contributed by atoms with van der Waals surface area (Å²) in [5.41, 5.74) is 0.273. The van der Waals surface area contributed by atoms with Crippen LogP contribution in [0, 0.1) is 23.7 Å². The zero-order valence-electron chi connectivity index (χ0n) is 20.2. The number of anilines is 2. The molecule has 0 aromatic heterocycles. The van der Waals surface area contributed by atoms with Crippen molar-refractivity contribution in [3.8, 4) is 6.07 Å². The molecule has 36 heavy (non-hydrogen) atoms. The number of amides is 3. The lowest BCUT2D eigenvalue weighted by atomic mass is 9.76. The number of alkyl halides is 3. The van der Waals surface area contributed by atoms with Gasteiger partial charge < -0.3 is 20.4 Å². The standard InChI is InChI=1S/C26H28F3N5O2/c1-17-3-6-19(7-4-17)32-24(36)33-11-9-25(10-12-33)14-22(23(35)31-2)34(16-25)20-8-5-18(15-30)21(13-20)26(27,28)29/h3-8,13,22H,9-12,14,16H2,1-2H3,(H,31,35)(H,32,36). The summed E-state index contributed by atoms with van der Waals surface area (Å²) < 4.78 is 40.7. The van der Waals surface area contributed by atoms with Crippen molar-refractivity contribution in [3.63, 3.8) is 0 Å². The zero-order valence-corrected chi connectivity index (χ0v) is 20.2. The van der Waals surface area contributed by atoms with Gasteiger partial charge in [-0.3, -0.25) is 4.79 Å². The first-order valence-electron chi connectivity index (χ1n) is 11.8. The molecule has 2 aliphatic heterocycles.